The fourth-order valence-electron chi connectivity index (χ4n) is 5.35. The highest BCUT2D eigenvalue weighted by Gasteiger charge is 2.54. The molecule has 4 aliphatic rings. The van der Waals surface area contributed by atoms with Crippen LogP contribution in [0.4, 0.5) is 14.6 Å². The van der Waals surface area contributed by atoms with Gasteiger partial charge in [0.2, 0.25) is 0 Å². The number of anilines is 1. The van der Waals surface area contributed by atoms with E-state index in [1.54, 1.807) is 4.90 Å². The molecule has 1 unspecified atom stereocenters. The van der Waals surface area contributed by atoms with Gasteiger partial charge in [-0.3, -0.25) is 4.90 Å². The van der Waals surface area contributed by atoms with Crippen LogP contribution < -0.4 is 9.64 Å². The third-order valence-electron chi connectivity index (χ3n) is 6.99. The number of hydrogen-bond donors (Lipinski definition) is 0. The Hall–Kier alpha value is -1.55. The van der Waals surface area contributed by atoms with Crippen molar-refractivity contribution < 1.29 is 21.0 Å². The van der Waals surface area contributed by atoms with Crippen LogP contribution in [-0.4, -0.2) is 82.4 Å². The Morgan fingerprint density at radius 2 is 2.25 bits per heavy atom. The van der Waals surface area contributed by atoms with Gasteiger partial charge in [-0.25, -0.2) is 13.8 Å². The maximum atomic E-state index is 15.0. The molecule has 11 heteroatoms. The predicted molar refractivity (Wildman–Crippen MR) is 116 cm³/mol. The van der Waals surface area contributed by atoms with Crippen LogP contribution in [0.3, 0.4) is 0 Å². The van der Waals surface area contributed by atoms with Crippen molar-refractivity contribution in [1.82, 2.24) is 19.9 Å². The zero-order chi connectivity index (χ0) is 23.8. The lowest BCUT2D eigenvalue weighted by atomic mass is 9.95. The Bertz CT molecular complexity index is 1150. The van der Waals surface area contributed by atoms with Gasteiger partial charge in [0.1, 0.15) is 24.1 Å². The largest absolute Gasteiger partial charge is 0.461 e. The highest BCUT2D eigenvalue weighted by molar-refractivity contribution is 6.30. The van der Waals surface area contributed by atoms with Crippen molar-refractivity contribution in [2.24, 2.45) is 5.92 Å². The van der Waals surface area contributed by atoms with Crippen LogP contribution in [0.25, 0.3) is 10.9 Å². The van der Waals surface area contributed by atoms with Crippen LogP contribution in [-0.2, 0) is 4.74 Å². The standard InChI is InChI=1S/C21H23Cl2F2N5O2/c22-14-13-9-31-5-4-30(17(13)14)19-12-7-26-18(23)15(25)16(12)27-20(28-19)32-10-21-2-1-3-29(21)8-11(24)6-21/h7,11,13-14,17H,1-6,8-10H2/t11-,13+,14+,17?,21+/m1/s1/i10D2. The van der Waals surface area contributed by atoms with Gasteiger partial charge in [0.15, 0.2) is 11.0 Å². The third kappa shape index (κ3) is 3.31. The summed E-state index contributed by atoms with van der Waals surface area (Å²) in [5.41, 5.74) is -1.25. The first-order chi connectivity index (χ1) is 16.2. The average Bonchev–Trinajstić information content (AvgIpc) is 3.14. The van der Waals surface area contributed by atoms with Crippen molar-refractivity contribution in [3.63, 3.8) is 0 Å². The molecule has 2 aromatic heterocycles. The summed E-state index contributed by atoms with van der Waals surface area (Å²) in [4.78, 5) is 16.3. The van der Waals surface area contributed by atoms with Crippen molar-refractivity contribution in [1.29, 1.82) is 0 Å². The first-order valence-corrected chi connectivity index (χ1v) is 11.6. The Balaban J connectivity index is 1.44. The van der Waals surface area contributed by atoms with Crippen molar-refractivity contribution in [3.05, 3.63) is 17.2 Å². The van der Waals surface area contributed by atoms with Gasteiger partial charge in [-0.2, -0.15) is 9.97 Å². The van der Waals surface area contributed by atoms with Gasteiger partial charge in [-0.15, -0.1) is 11.6 Å². The minimum atomic E-state index is -2.30. The summed E-state index contributed by atoms with van der Waals surface area (Å²) < 4.78 is 58.3. The van der Waals surface area contributed by atoms with E-state index in [-0.39, 0.29) is 47.0 Å². The van der Waals surface area contributed by atoms with Crippen LogP contribution in [0.15, 0.2) is 6.20 Å². The molecule has 1 aliphatic carbocycles. The van der Waals surface area contributed by atoms with Gasteiger partial charge in [0.05, 0.1) is 38.3 Å². The molecule has 172 valence electrons. The topological polar surface area (TPSA) is 63.6 Å². The van der Waals surface area contributed by atoms with Crippen molar-refractivity contribution in [3.8, 4) is 6.01 Å². The van der Waals surface area contributed by atoms with Gasteiger partial charge in [-0.1, -0.05) is 11.6 Å². The lowest BCUT2D eigenvalue weighted by Crippen LogP contribution is -2.43. The monoisotopic (exact) mass is 487 g/mol. The van der Waals surface area contributed by atoms with E-state index in [0.29, 0.717) is 43.9 Å². The Kier molecular flexibility index (Phi) is 4.56. The summed E-state index contributed by atoms with van der Waals surface area (Å²) in [6, 6.07) is -0.414. The Labute approximate surface area is 196 Å². The number of ether oxygens (including phenoxy) is 2. The highest BCUT2D eigenvalue weighted by atomic mass is 35.5. The molecule has 5 heterocycles. The minimum Gasteiger partial charge on any atom is -0.461 e. The average molecular weight is 488 g/mol. The molecule has 0 spiro atoms. The van der Waals surface area contributed by atoms with Crippen LogP contribution in [0.1, 0.15) is 22.0 Å². The smallest absolute Gasteiger partial charge is 0.319 e. The molecule has 4 fully saturated rings. The Morgan fingerprint density at radius 3 is 3.12 bits per heavy atom. The van der Waals surface area contributed by atoms with Crippen LogP contribution >= 0.6 is 23.2 Å². The van der Waals surface area contributed by atoms with Crippen molar-refractivity contribution in [2.75, 3.05) is 44.3 Å². The van der Waals surface area contributed by atoms with Crippen LogP contribution in [0, 0.1) is 11.7 Å². The fraction of sp³-hybridized carbons (Fsp3) is 0.667. The maximum absolute atomic E-state index is 15.0. The van der Waals surface area contributed by atoms with E-state index in [4.69, 9.17) is 35.4 Å². The van der Waals surface area contributed by atoms with Gasteiger partial charge < -0.3 is 14.4 Å². The van der Waals surface area contributed by atoms with Gasteiger partial charge in [0.25, 0.3) is 0 Å². The van der Waals surface area contributed by atoms with E-state index >= 15 is 4.39 Å². The molecule has 0 radical (unpaired) electrons. The molecule has 6 rings (SSSR count). The van der Waals surface area contributed by atoms with Crippen molar-refractivity contribution >= 4 is 39.9 Å². The molecule has 0 aromatic carbocycles. The molecule has 0 amide bonds. The second-order valence-electron chi connectivity index (χ2n) is 8.91. The molecule has 5 atom stereocenters. The van der Waals surface area contributed by atoms with E-state index in [1.165, 1.54) is 6.20 Å². The van der Waals surface area contributed by atoms with Gasteiger partial charge >= 0.3 is 6.01 Å². The second-order valence-corrected chi connectivity index (χ2v) is 9.77. The molecule has 7 nitrogen and oxygen atoms in total. The lowest BCUT2D eigenvalue weighted by Gasteiger charge is -2.31. The molecule has 0 N–H and O–H groups in total. The summed E-state index contributed by atoms with van der Waals surface area (Å²) in [5.74, 6) is -0.418. The molecular formula is C21H23Cl2F2N5O2. The zero-order valence-electron chi connectivity index (χ0n) is 19.1. The molecule has 1 saturated carbocycles. The summed E-state index contributed by atoms with van der Waals surface area (Å²) in [5, 5.41) is -0.199. The number of fused-ring (bicyclic) bond motifs is 3. The summed E-state index contributed by atoms with van der Waals surface area (Å²) in [7, 11) is 0. The third-order valence-corrected chi connectivity index (χ3v) is 7.83. The maximum Gasteiger partial charge on any atom is 0.319 e. The van der Waals surface area contributed by atoms with Gasteiger partial charge in [0, 0.05) is 31.6 Å². The number of alkyl halides is 2. The van der Waals surface area contributed by atoms with E-state index in [9.17, 15) is 4.39 Å². The molecule has 3 aliphatic heterocycles. The normalized spacial score (nSPS) is 35.8. The lowest BCUT2D eigenvalue weighted by molar-refractivity contribution is 0.107. The SMILES string of the molecule is [2H]C([2H])(Oc1nc(N2CCOC[C@@H]3C2[C@H]3Cl)c2cnc(Cl)c(F)c2n1)[C@@]12CCCN1C[C@H](F)C2. The van der Waals surface area contributed by atoms with E-state index < -0.39 is 24.1 Å². The highest BCUT2D eigenvalue weighted by Crippen LogP contribution is 2.46. The number of nitrogens with zero attached hydrogens (tertiary/aromatic N) is 5. The predicted octanol–water partition coefficient (Wildman–Crippen LogP) is 3.21. The van der Waals surface area contributed by atoms with E-state index in [0.717, 1.165) is 6.42 Å². The Morgan fingerprint density at radius 1 is 1.38 bits per heavy atom. The first-order valence-electron chi connectivity index (χ1n) is 11.8. The minimum absolute atomic E-state index is 0.0195. The fourth-order valence-corrected chi connectivity index (χ4v) is 5.95. The van der Waals surface area contributed by atoms with E-state index in [1.807, 2.05) is 4.90 Å². The molecule has 32 heavy (non-hydrogen) atoms. The van der Waals surface area contributed by atoms with Gasteiger partial charge in [-0.05, 0) is 19.4 Å². The zero-order valence-corrected chi connectivity index (χ0v) is 18.6. The number of aromatic nitrogens is 3. The van der Waals surface area contributed by atoms with E-state index in [2.05, 4.69) is 15.0 Å². The number of hydrogen-bond acceptors (Lipinski definition) is 7. The number of pyridine rings is 1. The summed E-state index contributed by atoms with van der Waals surface area (Å²) in [6.45, 7) is -0.145. The molecular weight excluding hydrogens is 463 g/mol. The molecule has 0 bridgehead atoms. The molecule has 2 aromatic rings. The molecule has 3 saturated heterocycles. The van der Waals surface area contributed by atoms with Crippen LogP contribution in [0.2, 0.25) is 5.15 Å². The summed E-state index contributed by atoms with van der Waals surface area (Å²) in [6.07, 6.45) is 1.46. The quantitative estimate of drug-likeness (QED) is 0.484. The van der Waals surface area contributed by atoms with Crippen molar-refractivity contribution in [2.45, 2.75) is 42.4 Å². The first kappa shape index (κ1) is 18.8. The second kappa shape index (κ2) is 7.75. The number of halogens is 4. The summed E-state index contributed by atoms with van der Waals surface area (Å²) >= 11 is 12.4. The number of rotatable bonds is 4. The van der Waals surface area contributed by atoms with Crippen LogP contribution in [0.5, 0.6) is 6.01 Å².